The Hall–Kier alpha value is -2.15. The Morgan fingerprint density at radius 1 is 1.00 bits per heavy atom. The van der Waals surface area contributed by atoms with Crippen molar-refractivity contribution in [3.05, 3.63) is 35.5 Å². The normalized spacial score (nSPS) is 45.7. The molecule has 5 fully saturated rings. The van der Waals surface area contributed by atoms with E-state index in [4.69, 9.17) is 4.74 Å². The third-order valence-corrected chi connectivity index (χ3v) is 17.0. The number of carboxylic acid groups (broad SMARTS) is 1. The summed E-state index contributed by atoms with van der Waals surface area (Å²) in [6.07, 6.45) is 16.7. The lowest BCUT2D eigenvalue weighted by molar-refractivity contribution is -0.221. The Bertz CT molecular complexity index is 1450. The Morgan fingerprint density at radius 2 is 1.78 bits per heavy atom. The average molecular weight is 679 g/mol. The van der Waals surface area contributed by atoms with E-state index in [0.717, 1.165) is 13.0 Å². The average Bonchev–Trinajstić information content (AvgIpc) is 3.65. The third-order valence-electron chi connectivity index (χ3n) is 17.0. The van der Waals surface area contributed by atoms with Gasteiger partial charge in [0.15, 0.2) is 0 Å². The van der Waals surface area contributed by atoms with Crippen LogP contribution in [0.2, 0.25) is 0 Å². The minimum Gasteiger partial charge on any atom is -0.481 e. The molecule has 6 aliphatic carbocycles. The second kappa shape index (κ2) is 12.0. The highest BCUT2D eigenvalue weighted by molar-refractivity contribution is 5.75. The van der Waals surface area contributed by atoms with Gasteiger partial charge in [0.1, 0.15) is 13.3 Å². The van der Waals surface area contributed by atoms with Crippen molar-refractivity contribution in [3.63, 3.8) is 0 Å². The number of carbonyl (C=O) groups is 2. The second-order valence-corrected chi connectivity index (χ2v) is 19.1. The third kappa shape index (κ3) is 5.00. The predicted octanol–water partition coefficient (Wildman–Crippen LogP) is 9.13. The van der Waals surface area contributed by atoms with Gasteiger partial charge in [0.05, 0.1) is 12.0 Å². The van der Waals surface area contributed by atoms with E-state index < -0.39 is 18.1 Å². The molecular weight excluding hydrogens is 615 g/mol. The molecule has 0 radical (unpaired) electrons. The molecule has 7 aliphatic rings. The van der Waals surface area contributed by atoms with Crippen LogP contribution in [0.15, 0.2) is 35.5 Å². The first-order valence-corrected chi connectivity index (χ1v) is 19.6. The lowest BCUT2D eigenvalue weighted by Gasteiger charge is -2.72. The van der Waals surface area contributed by atoms with Gasteiger partial charge < -0.3 is 20.1 Å². The summed E-state index contributed by atoms with van der Waals surface area (Å²) < 4.78 is 19.2. The summed E-state index contributed by atoms with van der Waals surface area (Å²) >= 11 is 0. The molecule has 0 aromatic rings. The molecule has 6 nitrogen and oxygen atoms in total. The summed E-state index contributed by atoms with van der Waals surface area (Å²) in [6, 6.07) is 0. The molecule has 0 bridgehead atoms. The number of amides is 1. The van der Waals surface area contributed by atoms with E-state index in [0.29, 0.717) is 62.1 Å². The van der Waals surface area contributed by atoms with E-state index >= 15 is 0 Å². The molecule has 10 atom stereocenters. The van der Waals surface area contributed by atoms with Crippen LogP contribution in [0.3, 0.4) is 0 Å². The SMILES string of the molecule is C=C(C)[C@@H]1CC[C@]2(NCCN3CCOC3=O)CC[C@]3(C)[C@H](CC[C@@H]4[C@@]5(C)CC=C(C6=CCC(CF)(C(=O)O)CC6)C(C)(C)[C@@H]5CC[C@]43C)[C@@H]12. The first-order chi connectivity index (χ1) is 23.1. The number of rotatable bonds is 8. The Morgan fingerprint density at radius 3 is 2.41 bits per heavy atom. The second-order valence-electron chi connectivity index (χ2n) is 19.1. The topological polar surface area (TPSA) is 78.9 Å². The maximum atomic E-state index is 14.0. The number of carbonyl (C=O) groups excluding carboxylic acids is 1. The van der Waals surface area contributed by atoms with Crippen molar-refractivity contribution in [1.82, 2.24) is 10.2 Å². The fraction of sp³-hybridized carbons (Fsp3) is 0.810. The zero-order chi connectivity index (χ0) is 35.2. The monoisotopic (exact) mass is 678 g/mol. The van der Waals surface area contributed by atoms with Gasteiger partial charge in [-0.3, -0.25) is 4.79 Å². The van der Waals surface area contributed by atoms with Crippen molar-refractivity contribution in [1.29, 1.82) is 0 Å². The van der Waals surface area contributed by atoms with Crippen LogP contribution in [0.5, 0.6) is 0 Å². The van der Waals surface area contributed by atoms with Crippen LogP contribution < -0.4 is 5.32 Å². The number of halogens is 1. The number of carboxylic acids is 1. The van der Waals surface area contributed by atoms with Gasteiger partial charge in [-0.2, -0.15) is 0 Å². The van der Waals surface area contributed by atoms with Crippen LogP contribution in [-0.2, 0) is 9.53 Å². The summed E-state index contributed by atoms with van der Waals surface area (Å²) in [7, 11) is 0. The van der Waals surface area contributed by atoms with Crippen LogP contribution in [0.4, 0.5) is 9.18 Å². The van der Waals surface area contributed by atoms with E-state index in [1.54, 1.807) is 0 Å². The van der Waals surface area contributed by atoms with E-state index in [2.05, 4.69) is 65.6 Å². The van der Waals surface area contributed by atoms with E-state index in [1.807, 2.05) is 4.90 Å². The standard InChI is InChI=1S/C42H63FN2O4/c1-27(2)29-12-19-42(44-22-23-45-24-25-49-36(45)48)21-20-39(6)31(34(29)42)8-9-33-38(5)15-13-30(37(3,4)32(38)14-16-40(33,39)7)28-10-17-41(26-43,18-11-28)35(46)47/h10,13,29,31-34,44H,1,8-9,11-12,14-26H2,2-7H3,(H,46,47)/t29-,31+,32-,33+,34+,38-,39+,40+,41?,42-/m0/s1. The van der Waals surface area contributed by atoms with Crippen LogP contribution in [0.1, 0.15) is 119 Å². The Labute approximate surface area is 294 Å². The maximum Gasteiger partial charge on any atom is 0.409 e. The number of aliphatic carboxylic acids is 1. The minimum absolute atomic E-state index is 0.0131. The number of hydrogen-bond acceptors (Lipinski definition) is 4. The number of cyclic esters (lactones) is 1. The van der Waals surface area contributed by atoms with Gasteiger partial charge in [0, 0.05) is 18.6 Å². The van der Waals surface area contributed by atoms with Crippen molar-refractivity contribution in [3.8, 4) is 0 Å². The molecule has 0 aromatic heterocycles. The van der Waals surface area contributed by atoms with Gasteiger partial charge in [0.25, 0.3) is 0 Å². The number of ether oxygens (including phenoxy) is 1. The lowest BCUT2D eigenvalue weighted by Crippen LogP contribution is -2.68. The molecule has 1 amide bonds. The summed E-state index contributed by atoms with van der Waals surface area (Å²) in [4.78, 5) is 26.0. The molecule has 7 heteroatoms. The van der Waals surface area contributed by atoms with Crippen molar-refractivity contribution in [2.24, 2.45) is 56.7 Å². The molecule has 0 spiro atoms. The molecule has 0 aromatic carbocycles. The molecule has 49 heavy (non-hydrogen) atoms. The summed E-state index contributed by atoms with van der Waals surface area (Å²) in [5.74, 6) is 1.98. The number of hydrogen-bond donors (Lipinski definition) is 2. The van der Waals surface area contributed by atoms with Crippen molar-refractivity contribution >= 4 is 12.1 Å². The van der Waals surface area contributed by atoms with Gasteiger partial charge in [-0.05, 0) is 146 Å². The van der Waals surface area contributed by atoms with Crippen LogP contribution in [-0.4, -0.2) is 60.5 Å². The number of alkyl halides is 1. The van der Waals surface area contributed by atoms with Gasteiger partial charge in [-0.1, -0.05) is 58.9 Å². The van der Waals surface area contributed by atoms with E-state index in [9.17, 15) is 19.1 Å². The predicted molar refractivity (Wildman–Crippen MR) is 192 cm³/mol. The molecule has 4 saturated carbocycles. The van der Waals surface area contributed by atoms with Gasteiger partial charge in [-0.25, -0.2) is 9.18 Å². The first-order valence-electron chi connectivity index (χ1n) is 19.6. The summed E-state index contributed by atoms with van der Waals surface area (Å²) in [5, 5.41) is 13.9. The Balaban J connectivity index is 1.16. The zero-order valence-electron chi connectivity index (χ0n) is 31.3. The van der Waals surface area contributed by atoms with Crippen LogP contribution >= 0.6 is 0 Å². The Kier molecular flexibility index (Phi) is 8.60. The molecule has 2 N–H and O–H groups in total. The summed E-state index contributed by atoms with van der Waals surface area (Å²) in [5.41, 5.74) is 3.57. The smallest absolute Gasteiger partial charge is 0.409 e. The van der Waals surface area contributed by atoms with Gasteiger partial charge >= 0.3 is 12.1 Å². The van der Waals surface area contributed by atoms with E-state index in [-0.39, 0.29) is 39.7 Å². The fourth-order valence-corrected chi connectivity index (χ4v) is 14.2. The van der Waals surface area contributed by atoms with Crippen molar-refractivity contribution in [2.75, 3.05) is 32.9 Å². The minimum atomic E-state index is -1.25. The number of allylic oxidation sites excluding steroid dienone is 5. The molecule has 272 valence electrons. The highest BCUT2D eigenvalue weighted by Crippen LogP contribution is 2.76. The molecule has 1 aliphatic heterocycles. The number of fused-ring (bicyclic) bond motifs is 7. The largest absolute Gasteiger partial charge is 0.481 e. The first kappa shape index (κ1) is 35.3. The zero-order valence-corrected chi connectivity index (χ0v) is 31.3. The van der Waals surface area contributed by atoms with Crippen LogP contribution in [0.25, 0.3) is 0 Å². The summed E-state index contributed by atoms with van der Waals surface area (Å²) in [6.45, 7) is 21.7. The molecule has 7 rings (SSSR count). The van der Waals surface area contributed by atoms with E-state index in [1.165, 1.54) is 68.1 Å². The quantitative estimate of drug-likeness (QED) is 0.251. The number of nitrogens with zero attached hydrogens (tertiary/aromatic N) is 1. The molecular formula is C42H63FN2O4. The van der Waals surface area contributed by atoms with Crippen molar-refractivity contribution in [2.45, 2.75) is 124 Å². The van der Waals surface area contributed by atoms with Crippen molar-refractivity contribution < 1.29 is 23.8 Å². The molecule has 1 unspecified atom stereocenters. The number of nitrogens with one attached hydrogen (secondary N) is 1. The molecule has 1 heterocycles. The lowest BCUT2D eigenvalue weighted by atomic mass is 9.33. The highest BCUT2D eigenvalue weighted by Gasteiger charge is 2.70. The molecule has 1 saturated heterocycles. The van der Waals surface area contributed by atoms with Gasteiger partial charge in [-0.15, -0.1) is 0 Å². The maximum absolute atomic E-state index is 14.0. The highest BCUT2D eigenvalue weighted by atomic mass is 19.1. The fourth-order valence-electron chi connectivity index (χ4n) is 14.2. The van der Waals surface area contributed by atoms with Crippen LogP contribution in [0, 0.1) is 56.7 Å². The van der Waals surface area contributed by atoms with Gasteiger partial charge in [0.2, 0.25) is 0 Å².